The van der Waals surface area contributed by atoms with Crippen molar-refractivity contribution in [1.82, 2.24) is 46.7 Å². The molecule has 0 saturated carbocycles. The molecule has 3 heterocycles. The lowest BCUT2D eigenvalue weighted by atomic mass is 10.0. The normalized spacial score (nSPS) is 18.2. The van der Waals surface area contributed by atoms with Crippen molar-refractivity contribution in [3.05, 3.63) is 36.0 Å². The zero-order valence-corrected chi connectivity index (χ0v) is 42.5. The molecule has 1 aromatic heterocycles. The number of primary amides is 2. The van der Waals surface area contributed by atoms with Gasteiger partial charge in [-0.05, 0) is 76.8 Å². The molecule has 2 fully saturated rings. The Morgan fingerprint density at radius 1 is 0.688 bits per heavy atom. The minimum absolute atomic E-state index is 0.00707. The van der Waals surface area contributed by atoms with Crippen molar-refractivity contribution in [3.8, 4) is 0 Å². The molecule has 422 valence electrons. The fourth-order valence-electron chi connectivity index (χ4n) is 8.86. The topological polar surface area (TPSA) is 502 Å². The maximum absolute atomic E-state index is 14.2. The maximum atomic E-state index is 14.2. The summed E-state index contributed by atoms with van der Waals surface area (Å²) in [5.74, 6) is -13.0. The molecule has 20 N–H and O–H groups in total. The quantitative estimate of drug-likeness (QED) is 0.0205. The SMILES string of the molecule is C[C@H](NC(=O)[C@@H](N)Cc1c[nH]c2ccccc12)C(=O)N[C@H](C(=O)N1CCC[C@H]1C(=O)N[C@@H](CC(N)=O)C(=O)N1CCC[C@H]1C(=O)N[C@@H](CCC(=O)O)C(=O)N[C@@H](CC(N)=O)C(=O)N[C@@H](CCCN=C(N)N)C(=O)O)[C@@H](C)O. The van der Waals surface area contributed by atoms with Gasteiger partial charge < -0.3 is 90.7 Å². The molecule has 30 heteroatoms. The predicted molar refractivity (Wildman–Crippen MR) is 270 cm³/mol. The second-order valence-electron chi connectivity index (χ2n) is 18.8. The van der Waals surface area contributed by atoms with Crippen LogP contribution in [0.5, 0.6) is 0 Å². The summed E-state index contributed by atoms with van der Waals surface area (Å²) >= 11 is 0. The fourth-order valence-corrected chi connectivity index (χ4v) is 8.86. The van der Waals surface area contributed by atoms with Crippen LogP contribution >= 0.6 is 0 Å². The van der Waals surface area contributed by atoms with Crippen LogP contribution in [0.1, 0.15) is 83.6 Å². The first-order valence-electron chi connectivity index (χ1n) is 24.8. The molecule has 2 aliphatic rings. The molecule has 10 amide bonds. The lowest BCUT2D eigenvalue weighted by Gasteiger charge is -2.32. The van der Waals surface area contributed by atoms with E-state index in [9.17, 15) is 72.9 Å². The monoisotopic (exact) mass is 1080 g/mol. The Morgan fingerprint density at radius 2 is 1.25 bits per heavy atom. The van der Waals surface area contributed by atoms with Crippen LogP contribution in [0.15, 0.2) is 35.5 Å². The summed E-state index contributed by atoms with van der Waals surface area (Å²) in [5.41, 5.74) is 29.2. The molecule has 0 spiro atoms. The number of aromatic nitrogens is 1. The smallest absolute Gasteiger partial charge is 0.326 e. The van der Waals surface area contributed by atoms with Crippen molar-refractivity contribution >= 4 is 87.9 Å². The van der Waals surface area contributed by atoms with Crippen molar-refractivity contribution < 1.29 is 72.9 Å². The first-order chi connectivity index (χ1) is 36.3. The van der Waals surface area contributed by atoms with Gasteiger partial charge in [-0.3, -0.25) is 57.7 Å². The largest absolute Gasteiger partial charge is 0.481 e. The summed E-state index contributed by atoms with van der Waals surface area (Å²) in [6, 6.07) is -6.05. The van der Waals surface area contributed by atoms with Crippen LogP contribution in [0, 0.1) is 0 Å². The lowest BCUT2D eigenvalue weighted by Crippen LogP contribution is -2.61. The number of para-hydroxylation sites is 1. The molecule has 1 aromatic carbocycles. The average molecular weight is 1080 g/mol. The molecular formula is C47H69N15O15. The Morgan fingerprint density at radius 3 is 1.82 bits per heavy atom. The number of rotatable bonds is 29. The van der Waals surface area contributed by atoms with Gasteiger partial charge in [-0.2, -0.15) is 0 Å². The van der Waals surface area contributed by atoms with E-state index in [-0.39, 0.29) is 70.5 Å². The number of nitrogens with one attached hydrogen (secondary N) is 7. The molecule has 2 aromatic rings. The van der Waals surface area contributed by atoms with Crippen molar-refractivity contribution in [2.45, 2.75) is 145 Å². The number of likely N-dealkylation sites (tertiary alicyclic amines) is 2. The molecule has 2 saturated heterocycles. The van der Waals surface area contributed by atoms with E-state index in [2.05, 4.69) is 41.9 Å². The minimum Gasteiger partial charge on any atom is -0.481 e. The Balaban J connectivity index is 1.43. The first-order valence-corrected chi connectivity index (χ1v) is 24.8. The molecule has 30 nitrogen and oxygen atoms in total. The first kappa shape index (κ1) is 61.1. The second kappa shape index (κ2) is 28.5. The summed E-state index contributed by atoms with van der Waals surface area (Å²) < 4.78 is 0. The van der Waals surface area contributed by atoms with Crippen LogP contribution in [-0.4, -0.2) is 187 Å². The number of benzene rings is 1. The Hall–Kier alpha value is -8.41. The van der Waals surface area contributed by atoms with Gasteiger partial charge in [-0.1, -0.05) is 18.2 Å². The van der Waals surface area contributed by atoms with Crippen molar-refractivity contribution in [2.24, 2.45) is 33.7 Å². The Kier molecular flexibility index (Phi) is 22.6. The average Bonchev–Trinajstić information content (AvgIpc) is 4.16. The number of fused-ring (bicyclic) bond motifs is 1. The highest BCUT2D eigenvalue weighted by Gasteiger charge is 2.44. The van der Waals surface area contributed by atoms with Gasteiger partial charge in [0.1, 0.15) is 48.3 Å². The number of carbonyl (C=O) groups excluding carboxylic acids is 10. The van der Waals surface area contributed by atoms with Crippen molar-refractivity contribution in [1.29, 1.82) is 0 Å². The molecule has 0 unspecified atom stereocenters. The van der Waals surface area contributed by atoms with E-state index >= 15 is 0 Å². The number of amides is 10. The summed E-state index contributed by atoms with van der Waals surface area (Å²) in [6.07, 6.45) is -2.28. The standard InChI is InChI=1S/C47H69N15O15/c1-22(55-39(69)26(48)18-24-21-54-27-9-4-3-8-25(24)27)38(68)60-37(23(2)63)45(75)62-17-7-12-33(62)43(73)59-31(20-35(50)65)44(74)61-16-6-11-32(61)42(72)56-28(13-14-36(66)67)40(70)58-30(19-34(49)64)41(71)57-29(46(76)77)10-5-15-53-47(51)52/h3-4,8-9,21-23,26,28-33,37,54,63H,5-7,10-20,48H2,1-2H3,(H2,49,64)(H2,50,65)(H,55,69)(H,56,72)(H,57,71)(H,58,70)(H,59,73)(H,60,68)(H,66,67)(H,76,77)(H4,51,52,53)/t22-,23+,26-,28-,29-,30-,31-,32-,33-,37-/m0/s1. The number of aliphatic hydroxyl groups is 1. The maximum Gasteiger partial charge on any atom is 0.326 e. The van der Waals surface area contributed by atoms with Gasteiger partial charge in [0.15, 0.2) is 5.96 Å². The minimum atomic E-state index is -1.81. The number of aromatic amines is 1. The molecule has 0 aliphatic carbocycles. The number of H-pyrrole nitrogens is 1. The third kappa shape index (κ3) is 17.9. The Labute approximate surface area is 440 Å². The summed E-state index contributed by atoms with van der Waals surface area (Å²) in [5, 5.41) is 44.9. The van der Waals surface area contributed by atoms with Gasteiger partial charge >= 0.3 is 11.9 Å². The lowest BCUT2D eigenvalue weighted by molar-refractivity contribution is -0.146. The van der Waals surface area contributed by atoms with E-state index in [1.165, 1.54) is 13.8 Å². The van der Waals surface area contributed by atoms with E-state index < -0.39 is 157 Å². The highest BCUT2D eigenvalue weighted by atomic mass is 16.4. The van der Waals surface area contributed by atoms with Gasteiger partial charge in [0.25, 0.3) is 0 Å². The van der Waals surface area contributed by atoms with Gasteiger partial charge in [0, 0.05) is 43.2 Å². The van der Waals surface area contributed by atoms with Gasteiger partial charge in [0.2, 0.25) is 59.1 Å². The number of nitrogens with two attached hydrogens (primary N) is 5. The summed E-state index contributed by atoms with van der Waals surface area (Å²) in [6.45, 7) is 2.41. The number of aliphatic hydroxyl groups excluding tert-OH is 1. The number of nitrogens with zero attached hydrogens (tertiary/aromatic N) is 3. The molecule has 0 bridgehead atoms. The molecule has 0 radical (unpaired) electrons. The van der Waals surface area contributed by atoms with E-state index in [4.69, 9.17) is 28.7 Å². The molecule has 10 atom stereocenters. The number of carbonyl (C=O) groups is 12. The van der Waals surface area contributed by atoms with Crippen LogP contribution in [0.2, 0.25) is 0 Å². The fraction of sp³-hybridized carbons (Fsp3) is 0.553. The second-order valence-corrected chi connectivity index (χ2v) is 18.8. The van der Waals surface area contributed by atoms with Crippen LogP contribution in [0.3, 0.4) is 0 Å². The number of aliphatic carboxylic acids is 2. The van der Waals surface area contributed by atoms with Crippen LogP contribution in [0.25, 0.3) is 10.9 Å². The zero-order valence-electron chi connectivity index (χ0n) is 42.5. The third-order valence-corrected chi connectivity index (χ3v) is 12.8. The highest BCUT2D eigenvalue weighted by Crippen LogP contribution is 2.23. The van der Waals surface area contributed by atoms with E-state index in [0.717, 1.165) is 26.3 Å². The molecule has 77 heavy (non-hydrogen) atoms. The number of carboxylic acid groups (broad SMARTS) is 2. The number of hydrogen-bond donors (Lipinski definition) is 15. The molecule has 2 aliphatic heterocycles. The molecular weight excluding hydrogens is 1010 g/mol. The molecule has 4 rings (SSSR count). The number of hydrogen-bond acceptors (Lipinski definition) is 15. The third-order valence-electron chi connectivity index (χ3n) is 12.8. The Bertz CT molecular complexity index is 2570. The van der Waals surface area contributed by atoms with Gasteiger partial charge in [-0.15, -0.1) is 0 Å². The predicted octanol–water partition coefficient (Wildman–Crippen LogP) is -5.92. The van der Waals surface area contributed by atoms with Gasteiger partial charge in [-0.25, -0.2) is 4.79 Å². The number of aliphatic imine (C=N–C) groups is 1. The zero-order chi connectivity index (χ0) is 57.3. The van der Waals surface area contributed by atoms with Crippen LogP contribution < -0.4 is 60.6 Å². The number of carboxylic acids is 2. The van der Waals surface area contributed by atoms with Crippen molar-refractivity contribution in [2.75, 3.05) is 19.6 Å². The number of guanidine groups is 1. The van der Waals surface area contributed by atoms with Crippen molar-refractivity contribution in [3.63, 3.8) is 0 Å². The van der Waals surface area contributed by atoms with E-state index in [1.54, 1.807) is 6.20 Å². The van der Waals surface area contributed by atoms with Crippen LogP contribution in [-0.2, 0) is 64.0 Å². The summed E-state index contributed by atoms with van der Waals surface area (Å²) in [7, 11) is 0. The van der Waals surface area contributed by atoms with Gasteiger partial charge in [0.05, 0.1) is 25.0 Å². The van der Waals surface area contributed by atoms with Crippen LogP contribution in [0.4, 0.5) is 0 Å². The highest BCUT2D eigenvalue weighted by molar-refractivity contribution is 6.00. The van der Waals surface area contributed by atoms with E-state index in [1.807, 2.05) is 24.3 Å². The van der Waals surface area contributed by atoms with E-state index in [0.29, 0.717) is 0 Å². The summed E-state index contributed by atoms with van der Waals surface area (Å²) in [4.78, 5) is 166.